The lowest BCUT2D eigenvalue weighted by atomic mass is 10.0. The highest BCUT2D eigenvalue weighted by atomic mass is 127. The number of methoxy groups -OCH3 is 2. The van der Waals surface area contributed by atoms with Crippen molar-refractivity contribution in [1.82, 2.24) is 20.5 Å². The molecule has 0 radical (unpaired) electrons. The average molecular weight is 559 g/mol. The van der Waals surface area contributed by atoms with Crippen LogP contribution in [0.15, 0.2) is 27.6 Å². The van der Waals surface area contributed by atoms with Gasteiger partial charge in [-0.15, -0.1) is 24.0 Å². The van der Waals surface area contributed by atoms with Gasteiger partial charge >= 0.3 is 0 Å². The second-order valence-electron chi connectivity index (χ2n) is 7.33. The van der Waals surface area contributed by atoms with Crippen LogP contribution in [0.2, 0.25) is 0 Å². The van der Waals surface area contributed by atoms with Gasteiger partial charge < -0.3 is 29.3 Å². The quantitative estimate of drug-likeness (QED) is 0.290. The van der Waals surface area contributed by atoms with Crippen molar-refractivity contribution in [2.75, 3.05) is 54.1 Å². The van der Waals surface area contributed by atoms with Crippen molar-refractivity contribution in [1.29, 1.82) is 0 Å². The molecular formula is C22H34IN5O4. The molecule has 0 saturated carbocycles. The number of aryl methyl sites for hydroxylation is 2. The molecule has 0 amide bonds. The van der Waals surface area contributed by atoms with Crippen molar-refractivity contribution in [3.63, 3.8) is 0 Å². The van der Waals surface area contributed by atoms with Gasteiger partial charge in [-0.25, -0.2) is 4.98 Å². The first-order valence-corrected chi connectivity index (χ1v) is 10.5. The summed E-state index contributed by atoms with van der Waals surface area (Å²) in [4.78, 5) is 11.2. The molecule has 1 fully saturated rings. The van der Waals surface area contributed by atoms with E-state index < -0.39 is 0 Å². The van der Waals surface area contributed by atoms with Gasteiger partial charge in [0.2, 0.25) is 5.89 Å². The van der Waals surface area contributed by atoms with Crippen molar-refractivity contribution < 1.29 is 18.6 Å². The molecule has 1 aromatic heterocycles. The van der Waals surface area contributed by atoms with Crippen molar-refractivity contribution in [3.05, 3.63) is 41.1 Å². The maximum atomic E-state index is 5.64. The monoisotopic (exact) mass is 559 g/mol. The third kappa shape index (κ3) is 6.72. The Kier molecular flexibility index (Phi) is 10.5. The highest BCUT2D eigenvalue weighted by molar-refractivity contribution is 14.0. The Labute approximate surface area is 206 Å². The second-order valence-corrected chi connectivity index (χ2v) is 7.33. The fraction of sp³-hybridized carbons (Fsp3) is 0.545. The molecule has 0 aliphatic carbocycles. The summed E-state index contributed by atoms with van der Waals surface area (Å²) in [6, 6.07) is 6.18. The summed E-state index contributed by atoms with van der Waals surface area (Å²) in [7, 11) is 5.05. The molecule has 1 unspecified atom stereocenters. The molecular weight excluding hydrogens is 525 g/mol. The van der Waals surface area contributed by atoms with E-state index in [1.807, 2.05) is 26.0 Å². The molecule has 1 aliphatic heterocycles. The Hall–Kier alpha value is -2.05. The summed E-state index contributed by atoms with van der Waals surface area (Å²) in [6.45, 7) is 8.15. The number of aromatic nitrogens is 1. The second kappa shape index (κ2) is 12.9. The number of morpholine rings is 1. The van der Waals surface area contributed by atoms with Crippen LogP contribution in [0.1, 0.15) is 29.0 Å². The van der Waals surface area contributed by atoms with E-state index in [4.69, 9.17) is 18.6 Å². The SMILES string of the molecule is CN=C(NCc1nc(C)c(C)o1)NCC(c1ccc(OC)c(OC)c1)N1CCOCC1.I. The Morgan fingerprint density at radius 3 is 2.47 bits per heavy atom. The van der Waals surface area contributed by atoms with Gasteiger partial charge in [-0.1, -0.05) is 6.07 Å². The van der Waals surface area contributed by atoms with Crippen LogP contribution >= 0.6 is 24.0 Å². The number of halogens is 1. The Morgan fingerprint density at radius 2 is 1.88 bits per heavy atom. The summed E-state index contributed by atoms with van der Waals surface area (Å²) in [5.74, 6) is 3.60. The molecule has 2 aromatic rings. The minimum absolute atomic E-state index is 0. The zero-order valence-electron chi connectivity index (χ0n) is 19.4. The standard InChI is InChI=1S/C22H33N5O4.HI/c1-15-16(2)31-21(26-15)14-25-22(23-3)24-13-18(27-8-10-30-11-9-27)17-6-7-19(28-4)20(12-17)29-5;/h6-7,12,18H,8-11,13-14H2,1-5H3,(H2,23,24,25);1H. The molecule has 3 rings (SSSR count). The average Bonchev–Trinajstić information content (AvgIpc) is 3.13. The van der Waals surface area contributed by atoms with E-state index in [0.717, 1.165) is 49.1 Å². The highest BCUT2D eigenvalue weighted by Gasteiger charge is 2.24. The Balaban J connectivity index is 0.00000363. The largest absolute Gasteiger partial charge is 0.493 e. The lowest BCUT2D eigenvalue weighted by molar-refractivity contribution is 0.0169. The van der Waals surface area contributed by atoms with Crippen LogP contribution < -0.4 is 20.1 Å². The first kappa shape index (κ1) is 26.2. The molecule has 178 valence electrons. The molecule has 0 bridgehead atoms. The van der Waals surface area contributed by atoms with Crippen LogP contribution in [0, 0.1) is 13.8 Å². The molecule has 32 heavy (non-hydrogen) atoms. The third-order valence-corrected chi connectivity index (χ3v) is 5.45. The van der Waals surface area contributed by atoms with Gasteiger partial charge in [0.05, 0.1) is 45.7 Å². The molecule has 0 spiro atoms. The number of ether oxygens (including phenoxy) is 3. The van der Waals surface area contributed by atoms with Crippen LogP contribution in [0.3, 0.4) is 0 Å². The molecule has 2 N–H and O–H groups in total. The number of guanidine groups is 1. The summed E-state index contributed by atoms with van der Waals surface area (Å²) in [6.07, 6.45) is 0. The van der Waals surface area contributed by atoms with E-state index in [9.17, 15) is 0 Å². The third-order valence-electron chi connectivity index (χ3n) is 5.45. The maximum absolute atomic E-state index is 5.64. The fourth-order valence-corrected chi connectivity index (χ4v) is 3.60. The number of oxazole rings is 1. The molecule has 1 atom stereocenters. The van der Waals surface area contributed by atoms with E-state index in [1.54, 1.807) is 21.3 Å². The zero-order chi connectivity index (χ0) is 22.2. The van der Waals surface area contributed by atoms with Gasteiger partial charge in [0.1, 0.15) is 5.76 Å². The van der Waals surface area contributed by atoms with Gasteiger partial charge in [0.25, 0.3) is 0 Å². The summed E-state index contributed by atoms with van der Waals surface area (Å²) in [5, 5.41) is 6.71. The number of nitrogens with one attached hydrogen (secondary N) is 2. The van der Waals surface area contributed by atoms with Crippen molar-refractivity contribution >= 4 is 29.9 Å². The van der Waals surface area contributed by atoms with E-state index in [-0.39, 0.29) is 30.0 Å². The van der Waals surface area contributed by atoms with Gasteiger partial charge in [0, 0.05) is 26.7 Å². The highest BCUT2D eigenvalue weighted by Crippen LogP contribution is 2.32. The Bertz CT molecular complexity index is 864. The van der Waals surface area contributed by atoms with Crippen LogP contribution in [-0.4, -0.2) is 70.0 Å². The van der Waals surface area contributed by atoms with Gasteiger partial charge in [-0.05, 0) is 31.5 Å². The number of aliphatic imine (C=N–C) groups is 1. The Morgan fingerprint density at radius 1 is 1.16 bits per heavy atom. The smallest absolute Gasteiger partial charge is 0.214 e. The number of nitrogens with zero attached hydrogens (tertiary/aromatic N) is 3. The van der Waals surface area contributed by atoms with E-state index in [2.05, 4.69) is 31.6 Å². The number of hydrogen-bond acceptors (Lipinski definition) is 7. The molecule has 2 heterocycles. The van der Waals surface area contributed by atoms with Gasteiger partial charge in [0.15, 0.2) is 17.5 Å². The summed E-state index contributed by atoms with van der Waals surface area (Å²) in [5.41, 5.74) is 2.04. The molecule has 10 heteroatoms. The van der Waals surface area contributed by atoms with E-state index in [0.29, 0.717) is 30.7 Å². The zero-order valence-corrected chi connectivity index (χ0v) is 21.8. The van der Waals surface area contributed by atoms with Crippen molar-refractivity contribution in [3.8, 4) is 11.5 Å². The summed E-state index contributed by atoms with van der Waals surface area (Å²) < 4.78 is 22.1. The lowest BCUT2D eigenvalue weighted by Crippen LogP contribution is -2.46. The van der Waals surface area contributed by atoms with Crippen LogP contribution in [0.25, 0.3) is 0 Å². The first-order valence-electron chi connectivity index (χ1n) is 10.5. The van der Waals surface area contributed by atoms with Crippen molar-refractivity contribution in [2.45, 2.75) is 26.4 Å². The topological polar surface area (TPSA) is 93.4 Å². The van der Waals surface area contributed by atoms with E-state index in [1.165, 1.54) is 0 Å². The van der Waals surface area contributed by atoms with E-state index >= 15 is 0 Å². The van der Waals surface area contributed by atoms with Crippen LogP contribution in [0.4, 0.5) is 0 Å². The fourth-order valence-electron chi connectivity index (χ4n) is 3.60. The molecule has 1 saturated heterocycles. The predicted octanol–water partition coefficient (Wildman–Crippen LogP) is 2.67. The number of hydrogen-bond donors (Lipinski definition) is 2. The minimum atomic E-state index is 0. The normalized spacial score (nSPS) is 15.6. The predicted molar refractivity (Wildman–Crippen MR) is 134 cm³/mol. The van der Waals surface area contributed by atoms with Crippen molar-refractivity contribution in [2.24, 2.45) is 4.99 Å². The molecule has 1 aromatic carbocycles. The van der Waals surface area contributed by atoms with Gasteiger partial charge in [-0.2, -0.15) is 0 Å². The molecule has 1 aliphatic rings. The first-order chi connectivity index (χ1) is 15.0. The van der Waals surface area contributed by atoms with Crippen LogP contribution in [0.5, 0.6) is 11.5 Å². The van der Waals surface area contributed by atoms with Gasteiger partial charge in [-0.3, -0.25) is 9.89 Å². The number of rotatable bonds is 8. The maximum Gasteiger partial charge on any atom is 0.214 e. The minimum Gasteiger partial charge on any atom is -0.493 e. The summed E-state index contributed by atoms with van der Waals surface area (Å²) >= 11 is 0. The number of benzene rings is 1. The molecule has 9 nitrogen and oxygen atoms in total. The lowest BCUT2D eigenvalue weighted by Gasteiger charge is -2.35. The van der Waals surface area contributed by atoms with Crippen LogP contribution in [-0.2, 0) is 11.3 Å².